The van der Waals surface area contributed by atoms with Gasteiger partial charge in [-0.2, -0.15) is 0 Å². The lowest BCUT2D eigenvalue weighted by Gasteiger charge is -2.08. The van der Waals surface area contributed by atoms with E-state index in [4.69, 9.17) is 4.74 Å². The minimum atomic E-state index is -4.77. The Bertz CT molecular complexity index is 657. The van der Waals surface area contributed by atoms with E-state index in [9.17, 15) is 18.0 Å². The van der Waals surface area contributed by atoms with Crippen molar-refractivity contribution in [3.8, 4) is 5.75 Å². The second-order valence-corrected chi connectivity index (χ2v) is 4.71. The van der Waals surface area contributed by atoms with Crippen LogP contribution in [0.4, 0.5) is 13.2 Å². The van der Waals surface area contributed by atoms with Crippen LogP contribution in [0.1, 0.15) is 6.92 Å². The molecule has 0 aromatic heterocycles. The van der Waals surface area contributed by atoms with Crippen LogP contribution >= 0.6 is 15.9 Å². The van der Waals surface area contributed by atoms with Gasteiger partial charge >= 0.3 is 12.3 Å². The third-order valence-corrected chi connectivity index (χ3v) is 3.34. The van der Waals surface area contributed by atoms with Gasteiger partial charge in [-0.05, 0) is 25.1 Å². The van der Waals surface area contributed by atoms with Crippen molar-refractivity contribution in [3.63, 3.8) is 0 Å². The number of benzene rings is 1. The highest BCUT2D eigenvalue weighted by atomic mass is 79.9. The number of carbonyl (C=O) groups excluding carboxylic acids is 1. The van der Waals surface area contributed by atoms with Gasteiger partial charge in [-0.3, -0.25) is 4.99 Å². The number of nitrogens with zero attached hydrogens (tertiary/aromatic N) is 1. The van der Waals surface area contributed by atoms with E-state index in [2.05, 4.69) is 25.7 Å². The molecule has 0 aliphatic carbocycles. The largest absolute Gasteiger partial charge is 0.573 e. The topological polar surface area (TPSA) is 47.9 Å². The Kier molecular flexibility index (Phi) is 4.03. The summed E-state index contributed by atoms with van der Waals surface area (Å²) in [4.78, 5) is 15.8. The van der Waals surface area contributed by atoms with Gasteiger partial charge in [0.15, 0.2) is 6.04 Å². The molecule has 0 unspecified atom stereocenters. The van der Waals surface area contributed by atoms with Gasteiger partial charge in [-0.15, -0.1) is 13.2 Å². The van der Waals surface area contributed by atoms with Gasteiger partial charge in [0, 0.05) is 9.70 Å². The summed E-state index contributed by atoms with van der Waals surface area (Å²) in [6, 6.07) is 2.79. The lowest BCUT2D eigenvalue weighted by Crippen LogP contribution is -2.24. The van der Waals surface area contributed by atoms with Gasteiger partial charge in [-0.25, -0.2) is 4.79 Å². The molecule has 0 radical (unpaired) electrons. The molecule has 0 N–H and O–H groups in total. The van der Waals surface area contributed by atoms with E-state index in [1.807, 2.05) is 0 Å². The number of esters is 1. The summed E-state index contributed by atoms with van der Waals surface area (Å²) < 4.78 is 45.5. The number of halogens is 4. The fourth-order valence-corrected chi connectivity index (χ4v) is 2.34. The lowest BCUT2D eigenvalue weighted by atomic mass is 10.2. The Labute approximate surface area is 120 Å². The lowest BCUT2D eigenvalue weighted by molar-refractivity contribution is -0.274. The maximum atomic E-state index is 12.2. The molecule has 0 amide bonds. The summed E-state index contributed by atoms with van der Waals surface area (Å²) >= 11 is 3.17. The van der Waals surface area contributed by atoms with Crippen LogP contribution in [0, 0.1) is 0 Å². The van der Waals surface area contributed by atoms with Crippen LogP contribution in [0.25, 0.3) is 4.48 Å². The van der Waals surface area contributed by atoms with E-state index in [-0.39, 0.29) is 12.4 Å². The summed E-state index contributed by atoms with van der Waals surface area (Å²) in [6.07, 6.45) is -4.77. The Hall–Kier alpha value is -1.57. The molecule has 0 bridgehead atoms. The molecule has 8 heteroatoms. The fraction of sp³-hybridized carbons (Fsp3) is 0.333. The van der Waals surface area contributed by atoms with Gasteiger partial charge in [0.1, 0.15) is 5.75 Å². The summed E-state index contributed by atoms with van der Waals surface area (Å²) in [6.45, 7) is 1.85. The van der Waals surface area contributed by atoms with Crippen molar-refractivity contribution in [2.24, 2.45) is 4.99 Å². The second kappa shape index (κ2) is 5.43. The first-order valence-corrected chi connectivity index (χ1v) is 6.41. The first-order chi connectivity index (χ1) is 9.31. The summed E-state index contributed by atoms with van der Waals surface area (Å²) in [5.74, 6) is -0.929. The van der Waals surface area contributed by atoms with Crippen molar-refractivity contribution >= 4 is 26.4 Å². The normalized spacial score (nSPS) is 17.4. The third kappa shape index (κ3) is 3.12. The zero-order valence-electron chi connectivity index (χ0n) is 10.2. The van der Waals surface area contributed by atoms with Crippen LogP contribution < -0.4 is 15.3 Å². The van der Waals surface area contributed by atoms with Crippen molar-refractivity contribution in [1.82, 2.24) is 0 Å². The van der Waals surface area contributed by atoms with Crippen molar-refractivity contribution in [2.75, 3.05) is 6.61 Å². The molecule has 1 heterocycles. The highest BCUT2D eigenvalue weighted by Gasteiger charge is 2.32. The minimum absolute atomic E-state index is 0.198. The molecule has 1 aromatic rings. The number of carbonyl (C=O) groups is 1. The summed E-state index contributed by atoms with van der Waals surface area (Å²) in [5, 5.41) is 0.786. The van der Waals surface area contributed by atoms with E-state index < -0.39 is 18.4 Å². The Morgan fingerprint density at radius 3 is 2.75 bits per heavy atom. The zero-order valence-corrected chi connectivity index (χ0v) is 11.8. The van der Waals surface area contributed by atoms with E-state index in [1.54, 1.807) is 6.92 Å². The van der Waals surface area contributed by atoms with Gasteiger partial charge in [0.25, 0.3) is 0 Å². The summed E-state index contributed by atoms with van der Waals surface area (Å²) in [7, 11) is 0. The van der Waals surface area contributed by atoms with Crippen LogP contribution in [0.3, 0.4) is 0 Å². The van der Waals surface area contributed by atoms with E-state index in [0.717, 1.165) is 6.07 Å². The molecule has 2 rings (SSSR count). The molecule has 0 spiro atoms. The molecular weight excluding hydrogens is 343 g/mol. The van der Waals surface area contributed by atoms with Crippen molar-refractivity contribution in [1.29, 1.82) is 0 Å². The smallest absolute Gasteiger partial charge is 0.464 e. The quantitative estimate of drug-likeness (QED) is 0.778. The summed E-state index contributed by atoms with van der Waals surface area (Å²) in [5.41, 5.74) is 0. The molecule has 0 saturated carbocycles. The van der Waals surface area contributed by atoms with Gasteiger partial charge in [0.05, 0.1) is 12.0 Å². The van der Waals surface area contributed by atoms with Crippen LogP contribution in [-0.4, -0.2) is 25.0 Å². The van der Waals surface area contributed by atoms with Crippen LogP contribution in [0.2, 0.25) is 0 Å². The average molecular weight is 352 g/mol. The monoisotopic (exact) mass is 351 g/mol. The standard InChI is InChI=1S/C12H9BrF3NO3/c1-2-19-11(18)10-9(13)7-5-6(20-12(14,15)16)3-4-8(7)17-10/h3-5,10H,2H2,1H3/t10-/m0/s1. The van der Waals surface area contributed by atoms with Crippen LogP contribution in [-0.2, 0) is 9.53 Å². The number of hydrogen-bond acceptors (Lipinski definition) is 4. The average Bonchev–Trinajstić information content (AvgIpc) is 2.65. The Morgan fingerprint density at radius 2 is 2.15 bits per heavy atom. The van der Waals surface area contributed by atoms with Gasteiger partial charge in [0.2, 0.25) is 0 Å². The second-order valence-electron chi connectivity index (χ2n) is 3.86. The molecule has 0 saturated heterocycles. The number of rotatable bonds is 3. The van der Waals surface area contributed by atoms with Gasteiger partial charge < -0.3 is 9.47 Å². The maximum Gasteiger partial charge on any atom is 0.573 e. The molecule has 0 fully saturated rings. The predicted molar refractivity (Wildman–Crippen MR) is 66.7 cm³/mol. The molecule has 1 aliphatic rings. The highest BCUT2D eigenvalue weighted by molar-refractivity contribution is 9.15. The molecule has 1 aliphatic heterocycles. The zero-order chi connectivity index (χ0) is 14.9. The fourth-order valence-electron chi connectivity index (χ4n) is 1.74. The highest BCUT2D eigenvalue weighted by Crippen LogP contribution is 2.23. The molecule has 1 atom stereocenters. The molecule has 4 nitrogen and oxygen atoms in total. The van der Waals surface area contributed by atoms with Crippen LogP contribution in [0.15, 0.2) is 23.2 Å². The van der Waals surface area contributed by atoms with E-state index in [1.165, 1.54) is 12.1 Å². The van der Waals surface area contributed by atoms with Crippen molar-refractivity contribution < 1.29 is 27.4 Å². The third-order valence-electron chi connectivity index (χ3n) is 2.48. The SMILES string of the molecule is CCOC(=O)[C@H]1N=c2ccc(OC(F)(F)F)cc2=C1Br. The van der Waals surface area contributed by atoms with Crippen molar-refractivity contribution in [2.45, 2.75) is 19.3 Å². The molecule has 1 aromatic carbocycles. The maximum absolute atomic E-state index is 12.2. The van der Waals surface area contributed by atoms with Crippen molar-refractivity contribution in [3.05, 3.63) is 28.8 Å². The van der Waals surface area contributed by atoms with Crippen LogP contribution in [0.5, 0.6) is 5.75 Å². The molecule has 108 valence electrons. The number of ether oxygens (including phenoxy) is 2. The Balaban J connectivity index is 2.38. The first-order valence-electron chi connectivity index (χ1n) is 5.62. The predicted octanol–water partition coefficient (Wildman–Crippen LogP) is 1.65. The number of hydrogen-bond donors (Lipinski definition) is 0. The Morgan fingerprint density at radius 1 is 1.45 bits per heavy atom. The van der Waals surface area contributed by atoms with E-state index in [0.29, 0.717) is 15.1 Å². The number of fused-ring (bicyclic) bond motifs is 1. The first kappa shape index (κ1) is 14.8. The van der Waals surface area contributed by atoms with E-state index >= 15 is 0 Å². The number of alkyl halides is 3. The molecular formula is C12H9BrF3NO3. The minimum Gasteiger partial charge on any atom is -0.464 e. The molecule has 20 heavy (non-hydrogen) atoms. The van der Waals surface area contributed by atoms with Gasteiger partial charge in [-0.1, -0.05) is 15.9 Å².